The lowest BCUT2D eigenvalue weighted by atomic mass is 9.78. The molecule has 1 heterocycles. The van der Waals surface area contributed by atoms with Crippen molar-refractivity contribution < 1.29 is 14.4 Å². The van der Waals surface area contributed by atoms with Crippen molar-refractivity contribution >= 4 is 46.5 Å². The molecule has 1 aromatic heterocycles. The monoisotopic (exact) mass is 388 g/mol. The maximum atomic E-state index is 12.1. The number of anilines is 1. The predicted molar refractivity (Wildman–Crippen MR) is 100 cm³/mol. The van der Waals surface area contributed by atoms with E-state index in [1.165, 1.54) is 11.3 Å². The Morgan fingerprint density at radius 3 is 2.56 bits per heavy atom. The van der Waals surface area contributed by atoms with Crippen molar-refractivity contribution in [1.29, 1.82) is 0 Å². The van der Waals surface area contributed by atoms with Crippen LogP contribution in [0.15, 0.2) is 0 Å². The van der Waals surface area contributed by atoms with Gasteiger partial charge >= 0.3 is 0 Å². The minimum Gasteiger partial charge on any atom is -0.346 e. The van der Waals surface area contributed by atoms with E-state index in [9.17, 15) is 14.4 Å². The fourth-order valence-electron chi connectivity index (χ4n) is 2.53. The zero-order chi connectivity index (χ0) is 18.1. The summed E-state index contributed by atoms with van der Waals surface area (Å²) in [6, 6.07) is -0.648. The Balaban J connectivity index is 0.00000312. The summed E-state index contributed by atoms with van der Waals surface area (Å²) >= 11 is 1.19. The van der Waals surface area contributed by atoms with Gasteiger partial charge in [-0.3, -0.25) is 14.4 Å². The van der Waals surface area contributed by atoms with Crippen LogP contribution in [0.5, 0.6) is 0 Å². The molecule has 0 saturated heterocycles. The molecule has 0 aliphatic heterocycles. The summed E-state index contributed by atoms with van der Waals surface area (Å²) in [6.45, 7) is 7.55. The van der Waals surface area contributed by atoms with Gasteiger partial charge in [0.25, 0.3) is 0 Å². The van der Waals surface area contributed by atoms with Crippen molar-refractivity contribution in [2.24, 2.45) is 17.1 Å². The van der Waals surface area contributed by atoms with Gasteiger partial charge in [0.1, 0.15) is 0 Å². The quantitative estimate of drug-likeness (QED) is 0.711. The summed E-state index contributed by atoms with van der Waals surface area (Å²) < 4.78 is 0. The number of hydrogen-bond donors (Lipinski definition) is 3. The predicted octanol–water partition coefficient (Wildman–Crippen LogP) is 1.76. The van der Waals surface area contributed by atoms with Crippen LogP contribution in [-0.4, -0.2) is 35.2 Å². The van der Waals surface area contributed by atoms with E-state index in [1.54, 1.807) is 0 Å². The SMILES string of the molecule is CC(C)[C@H](N)C(=O)NCC(=O)Nc1nc2c(s1)C(=O)CC(C)(C)C2.Cl. The highest BCUT2D eigenvalue weighted by molar-refractivity contribution is 7.17. The third kappa shape index (κ3) is 5.49. The van der Waals surface area contributed by atoms with Gasteiger partial charge in [-0.15, -0.1) is 12.4 Å². The molecule has 0 saturated carbocycles. The number of halogens is 1. The van der Waals surface area contributed by atoms with Crippen molar-refractivity contribution in [2.75, 3.05) is 11.9 Å². The lowest BCUT2D eigenvalue weighted by Gasteiger charge is -2.26. The van der Waals surface area contributed by atoms with Gasteiger partial charge < -0.3 is 16.4 Å². The normalized spacial score (nSPS) is 16.6. The summed E-state index contributed by atoms with van der Waals surface area (Å²) in [5.74, 6) is -0.698. The second-order valence-corrected chi connectivity index (χ2v) is 8.27. The molecular weight excluding hydrogens is 364 g/mol. The van der Waals surface area contributed by atoms with Crippen molar-refractivity contribution in [3.63, 3.8) is 0 Å². The number of ketones is 1. The van der Waals surface area contributed by atoms with Crippen LogP contribution in [0.4, 0.5) is 5.13 Å². The number of nitrogens with two attached hydrogens (primary N) is 1. The van der Waals surface area contributed by atoms with E-state index in [0.717, 1.165) is 5.69 Å². The number of hydrogen-bond acceptors (Lipinski definition) is 6. The molecule has 2 amide bonds. The summed E-state index contributed by atoms with van der Waals surface area (Å²) in [5, 5.41) is 5.52. The van der Waals surface area contributed by atoms with Crippen molar-refractivity contribution in [1.82, 2.24) is 10.3 Å². The van der Waals surface area contributed by atoms with E-state index < -0.39 is 11.9 Å². The van der Waals surface area contributed by atoms with Gasteiger partial charge in [0.2, 0.25) is 11.8 Å². The Kier molecular flexibility index (Phi) is 7.10. The molecule has 7 nitrogen and oxygen atoms in total. The fraction of sp³-hybridized carbons (Fsp3) is 0.625. The molecular formula is C16H25ClN4O3S. The summed E-state index contributed by atoms with van der Waals surface area (Å²) in [7, 11) is 0. The number of amides is 2. The number of carbonyl (C=O) groups is 3. The average molecular weight is 389 g/mol. The van der Waals surface area contributed by atoms with Crippen LogP contribution >= 0.6 is 23.7 Å². The molecule has 0 fully saturated rings. The van der Waals surface area contributed by atoms with Crippen LogP contribution in [0.2, 0.25) is 0 Å². The highest BCUT2D eigenvalue weighted by Crippen LogP contribution is 2.38. The minimum atomic E-state index is -0.648. The minimum absolute atomic E-state index is 0. The lowest BCUT2D eigenvalue weighted by Crippen LogP contribution is -2.46. The molecule has 1 aliphatic carbocycles. The first kappa shape index (κ1) is 21.5. The number of aromatic nitrogens is 1. The van der Waals surface area contributed by atoms with Gasteiger partial charge in [0.15, 0.2) is 10.9 Å². The molecule has 1 atom stereocenters. The van der Waals surface area contributed by atoms with E-state index >= 15 is 0 Å². The van der Waals surface area contributed by atoms with Gasteiger partial charge in [0.05, 0.1) is 23.2 Å². The standard InChI is InChI=1S/C16H24N4O3S.ClH/c1-8(2)12(17)14(23)18-7-11(22)20-15-19-9-5-16(3,4)6-10(21)13(9)24-15;/h8,12H,5-7,17H2,1-4H3,(H,18,23)(H,19,20,22);1H/t12-;/m0./s1. The highest BCUT2D eigenvalue weighted by atomic mass is 35.5. The molecule has 2 rings (SSSR count). The van der Waals surface area contributed by atoms with E-state index in [1.807, 2.05) is 27.7 Å². The number of nitrogens with one attached hydrogen (secondary N) is 2. The smallest absolute Gasteiger partial charge is 0.245 e. The Bertz CT molecular complexity index is 672. The van der Waals surface area contributed by atoms with E-state index in [-0.39, 0.29) is 42.0 Å². The first-order valence-corrected chi connectivity index (χ1v) is 8.77. The maximum Gasteiger partial charge on any atom is 0.245 e. The molecule has 4 N–H and O–H groups in total. The largest absolute Gasteiger partial charge is 0.346 e. The van der Waals surface area contributed by atoms with E-state index in [4.69, 9.17) is 5.73 Å². The molecule has 140 valence electrons. The number of thiazole rings is 1. The van der Waals surface area contributed by atoms with Gasteiger partial charge in [-0.25, -0.2) is 4.98 Å². The average Bonchev–Trinajstić information content (AvgIpc) is 2.84. The van der Waals surface area contributed by atoms with Crippen LogP contribution in [-0.2, 0) is 16.0 Å². The van der Waals surface area contributed by atoms with Gasteiger partial charge in [-0.1, -0.05) is 39.0 Å². The highest BCUT2D eigenvalue weighted by Gasteiger charge is 2.34. The van der Waals surface area contributed by atoms with Gasteiger partial charge in [0, 0.05) is 6.42 Å². The number of Topliss-reactive ketones (excluding diaryl/α,β-unsaturated/α-hetero) is 1. The molecule has 1 aromatic rings. The first-order chi connectivity index (χ1) is 11.1. The fourth-order valence-corrected chi connectivity index (χ4v) is 3.46. The van der Waals surface area contributed by atoms with Gasteiger partial charge in [-0.2, -0.15) is 0 Å². The molecule has 0 spiro atoms. The molecule has 9 heteroatoms. The molecule has 0 bridgehead atoms. The number of nitrogens with zero attached hydrogens (tertiary/aromatic N) is 1. The van der Waals surface area contributed by atoms with Crippen LogP contribution in [0.1, 0.15) is 49.5 Å². The number of rotatable bonds is 5. The second kappa shape index (κ2) is 8.25. The van der Waals surface area contributed by atoms with Crippen LogP contribution in [0.25, 0.3) is 0 Å². The zero-order valence-electron chi connectivity index (χ0n) is 14.8. The Hall–Kier alpha value is -1.51. The second-order valence-electron chi connectivity index (χ2n) is 7.27. The molecule has 1 aliphatic rings. The summed E-state index contributed by atoms with van der Waals surface area (Å²) in [6.07, 6.45) is 1.19. The zero-order valence-corrected chi connectivity index (χ0v) is 16.5. The number of carbonyl (C=O) groups excluding carboxylic acids is 3. The summed E-state index contributed by atoms with van der Waals surface area (Å²) in [4.78, 5) is 40.8. The van der Waals surface area contributed by atoms with E-state index in [0.29, 0.717) is 22.9 Å². The van der Waals surface area contributed by atoms with Crippen LogP contribution < -0.4 is 16.4 Å². The van der Waals surface area contributed by atoms with Crippen LogP contribution in [0, 0.1) is 11.3 Å². The van der Waals surface area contributed by atoms with Crippen molar-refractivity contribution in [3.05, 3.63) is 10.6 Å². The molecule has 0 radical (unpaired) electrons. The number of fused-ring (bicyclic) bond motifs is 1. The van der Waals surface area contributed by atoms with Crippen molar-refractivity contribution in [3.8, 4) is 0 Å². The summed E-state index contributed by atoms with van der Waals surface area (Å²) in [5.41, 5.74) is 6.34. The van der Waals surface area contributed by atoms with E-state index in [2.05, 4.69) is 15.6 Å². The Morgan fingerprint density at radius 2 is 1.96 bits per heavy atom. The first-order valence-electron chi connectivity index (χ1n) is 7.95. The Labute approximate surface area is 157 Å². The Morgan fingerprint density at radius 1 is 1.32 bits per heavy atom. The van der Waals surface area contributed by atoms with Crippen molar-refractivity contribution in [2.45, 2.75) is 46.6 Å². The maximum absolute atomic E-state index is 12.1. The third-order valence-electron chi connectivity index (χ3n) is 3.93. The van der Waals surface area contributed by atoms with Crippen LogP contribution in [0.3, 0.4) is 0 Å². The topological polar surface area (TPSA) is 114 Å². The molecule has 25 heavy (non-hydrogen) atoms. The third-order valence-corrected chi connectivity index (χ3v) is 4.98. The van der Waals surface area contributed by atoms with Gasteiger partial charge in [-0.05, 0) is 17.8 Å². The molecule has 0 aromatic carbocycles. The lowest BCUT2D eigenvalue weighted by molar-refractivity contribution is -0.125. The molecule has 0 unspecified atom stereocenters.